The van der Waals surface area contributed by atoms with E-state index in [2.05, 4.69) is 17.3 Å². The molecule has 4 N–H and O–H groups in total. The van der Waals surface area contributed by atoms with Gasteiger partial charge in [0.25, 0.3) is 0 Å². The maximum Gasteiger partial charge on any atom is 0.228 e. The zero-order chi connectivity index (χ0) is 12.8. The van der Waals surface area contributed by atoms with Gasteiger partial charge in [0.1, 0.15) is 6.61 Å². The summed E-state index contributed by atoms with van der Waals surface area (Å²) in [6.45, 7) is 0.354. The molecule has 0 bridgehead atoms. The zero-order valence-corrected chi connectivity index (χ0v) is 9.91. The first-order chi connectivity index (χ1) is 8.75. The third kappa shape index (κ3) is 3.25. The second-order valence-corrected chi connectivity index (χ2v) is 3.85. The maximum absolute atomic E-state index is 5.16. The predicted molar refractivity (Wildman–Crippen MR) is 72.5 cm³/mol. The lowest BCUT2D eigenvalue weighted by atomic mass is 10.0. The lowest BCUT2D eigenvalue weighted by Crippen LogP contribution is -2.22. The first-order valence-corrected chi connectivity index (χ1v) is 5.61. The second kappa shape index (κ2) is 5.72. The monoisotopic (exact) mass is 241 g/mol. The average molecular weight is 241 g/mol. The molecule has 0 saturated heterocycles. The van der Waals surface area contributed by atoms with E-state index in [1.54, 1.807) is 0 Å². The molecule has 0 radical (unpaired) electrons. The van der Waals surface area contributed by atoms with Crippen LogP contribution in [0.1, 0.15) is 5.56 Å². The van der Waals surface area contributed by atoms with E-state index < -0.39 is 0 Å². The van der Waals surface area contributed by atoms with Gasteiger partial charge in [0.2, 0.25) is 5.96 Å². The van der Waals surface area contributed by atoms with E-state index in [4.69, 9.17) is 16.3 Å². The number of rotatable bonds is 4. The summed E-state index contributed by atoms with van der Waals surface area (Å²) in [5.74, 6) is -0.0732. The Hall–Kier alpha value is -2.49. The molecule has 92 valence electrons. The Kier molecular flexibility index (Phi) is 3.81. The summed E-state index contributed by atoms with van der Waals surface area (Å²) in [7, 11) is 0. The van der Waals surface area contributed by atoms with Crippen molar-refractivity contribution in [2.24, 2.45) is 16.6 Å². The van der Waals surface area contributed by atoms with E-state index in [0.717, 1.165) is 5.56 Å². The Bertz CT molecular complexity index is 516. The van der Waals surface area contributed by atoms with Gasteiger partial charge < -0.3 is 16.3 Å². The van der Waals surface area contributed by atoms with Crippen LogP contribution in [-0.2, 0) is 11.4 Å². The molecular weight excluding hydrogens is 226 g/mol. The lowest BCUT2D eigenvalue weighted by Gasteiger charge is -2.04. The molecule has 0 atom stereocenters. The zero-order valence-electron chi connectivity index (χ0n) is 9.91. The fourth-order valence-corrected chi connectivity index (χ4v) is 1.61. The summed E-state index contributed by atoms with van der Waals surface area (Å²) in [6.07, 6.45) is 0. The molecule has 4 nitrogen and oxygen atoms in total. The second-order valence-electron chi connectivity index (χ2n) is 3.85. The van der Waals surface area contributed by atoms with E-state index >= 15 is 0 Å². The molecule has 0 aliphatic carbocycles. The molecule has 0 spiro atoms. The van der Waals surface area contributed by atoms with Crippen molar-refractivity contribution in [1.29, 1.82) is 0 Å². The van der Waals surface area contributed by atoms with Crippen molar-refractivity contribution in [3.8, 4) is 11.1 Å². The fraction of sp³-hybridized carbons (Fsp3) is 0.0714. The summed E-state index contributed by atoms with van der Waals surface area (Å²) < 4.78 is 0. The van der Waals surface area contributed by atoms with Crippen molar-refractivity contribution in [2.45, 2.75) is 6.61 Å². The van der Waals surface area contributed by atoms with Crippen molar-refractivity contribution in [3.05, 3.63) is 60.2 Å². The van der Waals surface area contributed by atoms with Crippen molar-refractivity contribution >= 4 is 5.96 Å². The van der Waals surface area contributed by atoms with Gasteiger partial charge in [-0.15, -0.1) is 0 Å². The third-order valence-electron chi connectivity index (χ3n) is 2.46. The lowest BCUT2D eigenvalue weighted by molar-refractivity contribution is 0.130. The molecule has 0 aliphatic rings. The Labute approximate surface area is 106 Å². The predicted octanol–water partition coefficient (Wildman–Crippen LogP) is 2.06. The highest BCUT2D eigenvalue weighted by Gasteiger charge is 1.97. The molecular formula is C14H15N3O. The Balaban J connectivity index is 2.04. The summed E-state index contributed by atoms with van der Waals surface area (Å²) in [5.41, 5.74) is 13.7. The molecule has 2 rings (SSSR count). The molecule has 0 fully saturated rings. The van der Waals surface area contributed by atoms with E-state index in [9.17, 15) is 0 Å². The highest BCUT2D eigenvalue weighted by molar-refractivity contribution is 5.74. The van der Waals surface area contributed by atoms with Crippen LogP contribution in [-0.4, -0.2) is 5.96 Å². The van der Waals surface area contributed by atoms with Crippen LogP contribution in [0.5, 0.6) is 0 Å². The minimum atomic E-state index is -0.0732. The molecule has 0 saturated carbocycles. The topological polar surface area (TPSA) is 73.6 Å². The summed E-state index contributed by atoms with van der Waals surface area (Å²) in [6, 6.07) is 18.3. The number of benzene rings is 2. The highest BCUT2D eigenvalue weighted by Crippen LogP contribution is 2.19. The standard InChI is InChI=1S/C14H15N3O/c15-14(16)17-18-10-11-6-8-13(9-7-11)12-4-2-1-3-5-12/h1-9H,10H2,(H4,15,16,17). The van der Waals surface area contributed by atoms with Crippen LogP contribution in [0.25, 0.3) is 11.1 Å². The van der Waals surface area contributed by atoms with Crippen molar-refractivity contribution in [2.75, 3.05) is 0 Å². The molecule has 2 aromatic rings. The Morgan fingerprint density at radius 2 is 1.50 bits per heavy atom. The van der Waals surface area contributed by atoms with Crippen molar-refractivity contribution < 1.29 is 4.84 Å². The minimum Gasteiger partial charge on any atom is -0.388 e. The van der Waals surface area contributed by atoms with Crippen LogP contribution in [0.2, 0.25) is 0 Å². The van der Waals surface area contributed by atoms with Crippen LogP contribution in [0, 0.1) is 0 Å². The maximum atomic E-state index is 5.16. The average Bonchev–Trinajstić information content (AvgIpc) is 2.40. The SMILES string of the molecule is NC(N)=NOCc1ccc(-c2ccccc2)cc1. The summed E-state index contributed by atoms with van der Waals surface area (Å²) >= 11 is 0. The number of hydrogen-bond acceptors (Lipinski definition) is 2. The number of oxime groups is 1. The van der Waals surface area contributed by atoms with Gasteiger partial charge in [0, 0.05) is 0 Å². The van der Waals surface area contributed by atoms with Crippen LogP contribution < -0.4 is 11.5 Å². The largest absolute Gasteiger partial charge is 0.388 e. The molecule has 0 aromatic heterocycles. The molecule has 4 heteroatoms. The van der Waals surface area contributed by atoms with Gasteiger partial charge in [0.15, 0.2) is 0 Å². The molecule has 18 heavy (non-hydrogen) atoms. The van der Waals surface area contributed by atoms with Crippen LogP contribution in [0.3, 0.4) is 0 Å². The number of hydrogen-bond donors (Lipinski definition) is 2. The van der Waals surface area contributed by atoms with Crippen LogP contribution >= 0.6 is 0 Å². The minimum absolute atomic E-state index is 0.0732. The van der Waals surface area contributed by atoms with Crippen molar-refractivity contribution in [1.82, 2.24) is 0 Å². The van der Waals surface area contributed by atoms with Crippen molar-refractivity contribution in [3.63, 3.8) is 0 Å². The third-order valence-corrected chi connectivity index (χ3v) is 2.46. The first kappa shape index (κ1) is 12.0. The van der Waals surface area contributed by atoms with Gasteiger partial charge in [-0.1, -0.05) is 54.6 Å². The highest BCUT2D eigenvalue weighted by atomic mass is 16.6. The van der Waals surface area contributed by atoms with Gasteiger partial charge in [-0.3, -0.25) is 0 Å². The number of nitrogens with zero attached hydrogens (tertiary/aromatic N) is 1. The van der Waals surface area contributed by atoms with E-state index in [0.29, 0.717) is 6.61 Å². The normalized spacial score (nSPS) is 9.78. The van der Waals surface area contributed by atoms with E-state index in [1.165, 1.54) is 11.1 Å². The Morgan fingerprint density at radius 3 is 2.11 bits per heavy atom. The fourth-order valence-electron chi connectivity index (χ4n) is 1.61. The molecule has 0 amide bonds. The molecule has 0 aliphatic heterocycles. The summed E-state index contributed by atoms with van der Waals surface area (Å²) in [5, 5.41) is 3.47. The molecule has 2 aromatic carbocycles. The number of nitrogens with two attached hydrogens (primary N) is 2. The molecule has 0 unspecified atom stereocenters. The van der Waals surface area contributed by atoms with Gasteiger partial charge in [0.05, 0.1) is 0 Å². The van der Waals surface area contributed by atoms with Crippen LogP contribution in [0.4, 0.5) is 0 Å². The Morgan fingerprint density at radius 1 is 0.889 bits per heavy atom. The molecule has 0 heterocycles. The van der Waals surface area contributed by atoms with E-state index in [1.807, 2.05) is 42.5 Å². The van der Waals surface area contributed by atoms with Gasteiger partial charge in [-0.05, 0) is 21.8 Å². The quantitative estimate of drug-likeness (QED) is 0.489. The first-order valence-electron chi connectivity index (χ1n) is 5.61. The summed E-state index contributed by atoms with van der Waals surface area (Å²) in [4.78, 5) is 4.96. The van der Waals surface area contributed by atoms with Gasteiger partial charge in [-0.2, -0.15) is 0 Å². The van der Waals surface area contributed by atoms with E-state index in [-0.39, 0.29) is 5.96 Å². The van der Waals surface area contributed by atoms with Gasteiger partial charge >= 0.3 is 0 Å². The number of guanidine groups is 1. The van der Waals surface area contributed by atoms with Crippen LogP contribution in [0.15, 0.2) is 59.8 Å². The smallest absolute Gasteiger partial charge is 0.228 e. The van der Waals surface area contributed by atoms with Gasteiger partial charge in [-0.25, -0.2) is 0 Å².